The highest BCUT2D eigenvalue weighted by Crippen LogP contribution is 2.10. The SMILES string of the molecule is CCCCCCCCCCNC(=O)C(CSC(C)=O)NC(=O)OC(C)(C)C. The minimum Gasteiger partial charge on any atom is -0.444 e. The average molecular weight is 403 g/mol. The molecule has 1 unspecified atom stereocenters. The van der Waals surface area contributed by atoms with Gasteiger partial charge in [-0.2, -0.15) is 0 Å². The number of unbranched alkanes of at least 4 members (excludes halogenated alkanes) is 7. The van der Waals surface area contributed by atoms with Gasteiger partial charge in [0.15, 0.2) is 5.12 Å². The van der Waals surface area contributed by atoms with Crippen molar-refractivity contribution in [2.24, 2.45) is 0 Å². The molecule has 0 aromatic rings. The summed E-state index contributed by atoms with van der Waals surface area (Å²) in [6.45, 7) is 9.50. The highest BCUT2D eigenvalue weighted by atomic mass is 32.2. The Hall–Kier alpha value is -1.24. The molecule has 0 spiro atoms. The fourth-order valence-electron chi connectivity index (χ4n) is 2.43. The predicted octanol–water partition coefficient (Wildman–Crippen LogP) is 4.42. The zero-order chi connectivity index (χ0) is 20.7. The summed E-state index contributed by atoms with van der Waals surface area (Å²) in [6.07, 6.45) is 8.91. The molecular weight excluding hydrogens is 364 g/mol. The van der Waals surface area contributed by atoms with Crippen LogP contribution in [0.2, 0.25) is 0 Å². The molecule has 2 amide bonds. The molecule has 0 bridgehead atoms. The fourth-order valence-corrected chi connectivity index (χ4v) is 3.06. The van der Waals surface area contributed by atoms with Crippen LogP contribution in [0.5, 0.6) is 0 Å². The van der Waals surface area contributed by atoms with Crippen molar-refractivity contribution in [3.05, 3.63) is 0 Å². The lowest BCUT2D eigenvalue weighted by molar-refractivity contribution is -0.122. The molecule has 0 saturated heterocycles. The molecule has 6 nitrogen and oxygen atoms in total. The van der Waals surface area contributed by atoms with Gasteiger partial charge in [0.2, 0.25) is 5.91 Å². The van der Waals surface area contributed by atoms with E-state index in [2.05, 4.69) is 17.6 Å². The highest BCUT2D eigenvalue weighted by molar-refractivity contribution is 8.13. The van der Waals surface area contributed by atoms with Gasteiger partial charge < -0.3 is 15.4 Å². The maximum absolute atomic E-state index is 12.4. The molecule has 0 aliphatic rings. The van der Waals surface area contributed by atoms with Crippen molar-refractivity contribution in [3.63, 3.8) is 0 Å². The predicted molar refractivity (Wildman–Crippen MR) is 112 cm³/mol. The van der Waals surface area contributed by atoms with E-state index >= 15 is 0 Å². The molecule has 0 rings (SSSR count). The van der Waals surface area contributed by atoms with Gasteiger partial charge in [-0.25, -0.2) is 4.79 Å². The Morgan fingerprint density at radius 1 is 0.963 bits per heavy atom. The Labute approximate surface area is 168 Å². The van der Waals surface area contributed by atoms with Crippen molar-refractivity contribution in [2.45, 2.75) is 97.6 Å². The van der Waals surface area contributed by atoms with Crippen molar-refractivity contribution in [3.8, 4) is 0 Å². The molecule has 1 atom stereocenters. The number of rotatable bonds is 13. The summed E-state index contributed by atoms with van der Waals surface area (Å²) in [5, 5.41) is 5.32. The smallest absolute Gasteiger partial charge is 0.408 e. The summed E-state index contributed by atoms with van der Waals surface area (Å²) >= 11 is 1.01. The molecule has 7 heteroatoms. The van der Waals surface area contributed by atoms with Crippen molar-refractivity contribution in [1.82, 2.24) is 10.6 Å². The van der Waals surface area contributed by atoms with Crippen LogP contribution in [0.3, 0.4) is 0 Å². The number of carbonyl (C=O) groups excluding carboxylic acids is 3. The van der Waals surface area contributed by atoms with Crippen LogP contribution in [0.1, 0.15) is 86.0 Å². The topological polar surface area (TPSA) is 84.5 Å². The Morgan fingerprint density at radius 2 is 1.52 bits per heavy atom. The third-order valence-corrected chi connectivity index (χ3v) is 4.70. The van der Waals surface area contributed by atoms with Crippen LogP contribution >= 0.6 is 11.8 Å². The largest absolute Gasteiger partial charge is 0.444 e. The second-order valence-corrected chi connectivity index (χ2v) is 8.96. The minimum absolute atomic E-state index is 0.0955. The number of hydrogen-bond donors (Lipinski definition) is 2. The molecule has 2 N–H and O–H groups in total. The van der Waals surface area contributed by atoms with Crippen LogP contribution in [0.4, 0.5) is 4.79 Å². The van der Waals surface area contributed by atoms with Gasteiger partial charge in [-0.15, -0.1) is 0 Å². The summed E-state index contributed by atoms with van der Waals surface area (Å²) in [6, 6.07) is -0.789. The van der Waals surface area contributed by atoms with Crippen LogP contribution in [0, 0.1) is 0 Å². The summed E-state index contributed by atoms with van der Waals surface area (Å²) in [7, 11) is 0. The molecule has 0 aliphatic carbocycles. The minimum atomic E-state index is -0.789. The quantitative estimate of drug-likeness (QED) is 0.446. The van der Waals surface area contributed by atoms with E-state index in [1.807, 2.05) is 0 Å². The molecule has 27 heavy (non-hydrogen) atoms. The van der Waals surface area contributed by atoms with Gasteiger partial charge >= 0.3 is 6.09 Å². The van der Waals surface area contributed by atoms with Crippen molar-refractivity contribution in [2.75, 3.05) is 12.3 Å². The Morgan fingerprint density at radius 3 is 2.04 bits per heavy atom. The third kappa shape index (κ3) is 16.6. The van der Waals surface area contributed by atoms with E-state index in [1.54, 1.807) is 20.8 Å². The van der Waals surface area contributed by atoms with E-state index in [1.165, 1.54) is 45.4 Å². The van der Waals surface area contributed by atoms with E-state index in [-0.39, 0.29) is 16.8 Å². The van der Waals surface area contributed by atoms with Crippen LogP contribution in [-0.2, 0) is 14.3 Å². The van der Waals surface area contributed by atoms with E-state index in [0.29, 0.717) is 6.54 Å². The average Bonchev–Trinajstić information content (AvgIpc) is 2.55. The maximum Gasteiger partial charge on any atom is 0.408 e. The maximum atomic E-state index is 12.4. The first-order valence-corrected chi connectivity index (χ1v) is 11.0. The van der Waals surface area contributed by atoms with Crippen molar-refractivity contribution >= 4 is 28.9 Å². The van der Waals surface area contributed by atoms with Gasteiger partial charge in [-0.3, -0.25) is 9.59 Å². The first-order valence-electron chi connectivity index (χ1n) is 10.1. The van der Waals surface area contributed by atoms with Gasteiger partial charge in [0.05, 0.1) is 0 Å². The molecule has 0 aromatic heterocycles. The van der Waals surface area contributed by atoms with E-state index in [4.69, 9.17) is 4.74 Å². The summed E-state index contributed by atoms with van der Waals surface area (Å²) < 4.78 is 5.20. The number of alkyl carbamates (subject to hydrolysis) is 1. The monoisotopic (exact) mass is 402 g/mol. The first-order chi connectivity index (χ1) is 12.7. The molecule has 0 saturated carbocycles. The van der Waals surface area contributed by atoms with Crippen LogP contribution in [-0.4, -0.2) is 41.1 Å². The second-order valence-electron chi connectivity index (χ2n) is 7.77. The molecule has 0 heterocycles. The Kier molecular flexibility index (Phi) is 14.1. The lowest BCUT2D eigenvalue weighted by atomic mass is 10.1. The Bertz CT molecular complexity index is 450. The van der Waals surface area contributed by atoms with Crippen LogP contribution in [0.25, 0.3) is 0 Å². The normalized spacial score (nSPS) is 12.3. The van der Waals surface area contributed by atoms with Gasteiger partial charge in [-0.05, 0) is 27.2 Å². The molecule has 0 aromatic carbocycles. The van der Waals surface area contributed by atoms with Crippen molar-refractivity contribution in [1.29, 1.82) is 0 Å². The molecule has 158 valence electrons. The lowest BCUT2D eigenvalue weighted by Gasteiger charge is -2.23. The summed E-state index contributed by atoms with van der Waals surface area (Å²) in [4.78, 5) is 35.5. The molecule has 0 aliphatic heterocycles. The first kappa shape index (κ1) is 25.8. The van der Waals surface area contributed by atoms with Crippen LogP contribution < -0.4 is 10.6 Å². The highest BCUT2D eigenvalue weighted by Gasteiger charge is 2.24. The van der Waals surface area contributed by atoms with E-state index in [0.717, 1.165) is 24.6 Å². The number of ether oxygens (including phenoxy) is 1. The standard InChI is InChI=1S/C20H38N2O4S/c1-6-7-8-9-10-11-12-13-14-21-18(24)17(15-27-16(2)23)22-19(25)26-20(3,4)5/h17H,6-15H2,1-5H3,(H,21,24)(H,22,25). The fraction of sp³-hybridized carbons (Fsp3) is 0.850. The second kappa shape index (κ2) is 14.8. The number of hydrogen-bond acceptors (Lipinski definition) is 5. The number of thioether (sulfide) groups is 1. The van der Waals surface area contributed by atoms with Gasteiger partial charge in [-0.1, -0.05) is 63.6 Å². The number of carbonyl (C=O) groups is 3. The molecular formula is C20H38N2O4S. The van der Waals surface area contributed by atoms with Gasteiger partial charge in [0.1, 0.15) is 11.6 Å². The number of nitrogens with one attached hydrogen (secondary N) is 2. The summed E-state index contributed by atoms with van der Waals surface area (Å²) in [5.41, 5.74) is -0.643. The van der Waals surface area contributed by atoms with Gasteiger partial charge in [0.25, 0.3) is 0 Å². The number of amides is 2. The van der Waals surface area contributed by atoms with Crippen molar-refractivity contribution < 1.29 is 19.1 Å². The van der Waals surface area contributed by atoms with Gasteiger partial charge in [0, 0.05) is 19.2 Å². The zero-order valence-corrected chi connectivity index (χ0v) is 18.5. The zero-order valence-electron chi connectivity index (χ0n) is 17.7. The van der Waals surface area contributed by atoms with E-state index < -0.39 is 17.7 Å². The third-order valence-electron chi connectivity index (χ3n) is 3.79. The summed E-state index contributed by atoms with van der Waals surface area (Å²) in [5.74, 6) is -0.0877. The molecule has 0 fully saturated rings. The van der Waals surface area contributed by atoms with Crippen LogP contribution in [0.15, 0.2) is 0 Å². The Balaban J connectivity index is 4.19. The molecule has 0 radical (unpaired) electrons. The lowest BCUT2D eigenvalue weighted by Crippen LogP contribution is -2.49. The van der Waals surface area contributed by atoms with E-state index in [9.17, 15) is 14.4 Å².